The normalized spacial score (nSPS) is 13.3. The summed E-state index contributed by atoms with van der Waals surface area (Å²) in [5, 5.41) is 16.3. The number of thiazole rings is 1. The summed E-state index contributed by atoms with van der Waals surface area (Å²) in [5.41, 5.74) is 6.89. The minimum Gasteiger partial charge on any atom is -0.492 e. The summed E-state index contributed by atoms with van der Waals surface area (Å²) in [5.74, 6) is 0.521. The third kappa shape index (κ3) is 3.68. The molecule has 0 radical (unpaired) electrons. The van der Waals surface area contributed by atoms with E-state index in [1.165, 1.54) is 11.3 Å². The summed E-state index contributed by atoms with van der Waals surface area (Å²) in [6.07, 6.45) is 1.82. The van der Waals surface area contributed by atoms with E-state index in [-0.39, 0.29) is 5.88 Å². The van der Waals surface area contributed by atoms with Gasteiger partial charge < -0.3 is 16.2 Å². The van der Waals surface area contributed by atoms with Gasteiger partial charge >= 0.3 is 0 Å². The maximum atomic E-state index is 10.2. The molecule has 1 aromatic heterocycles. The second-order valence-electron chi connectivity index (χ2n) is 5.66. The molecule has 4 rings (SSSR count). The Kier molecular flexibility index (Phi) is 4.84. The van der Waals surface area contributed by atoms with E-state index < -0.39 is 0 Å². The number of anilines is 2. The van der Waals surface area contributed by atoms with Gasteiger partial charge in [0.25, 0.3) is 0 Å². The zero-order chi connectivity index (χ0) is 19.0. The van der Waals surface area contributed by atoms with E-state index in [1.54, 1.807) is 18.2 Å². The van der Waals surface area contributed by atoms with Crippen molar-refractivity contribution in [2.45, 2.75) is 0 Å². The molecule has 0 saturated heterocycles. The van der Waals surface area contributed by atoms with Crippen molar-refractivity contribution in [1.82, 2.24) is 4.98 Å². The van der Waals surface area contributed by atoms with Gasteiger partial charge in [-0.1, -0.05) is 46.7 Å². The number of para-hydroxylation sites is 1. The molecule has 136 valence electrons. The summed E-state index contributed by atoms with van der Waals surface area (Å²) in [6.45, 7) is 0.295. The molecule has 4 N–H and O–H groups in total. The lowest BCUT2D eigenvalue weighted by Gasteiger charge is -2.06. The molecular formula is C18H13Cl2N5OS. The van der Waals surface area contributed by atoms with Gasteiger partial charge in [0.05, 0.1) is 38.2 Å². The molecule has 0 saturated carbocycles. The minimum atomic E-state index is -0.0815. The highest BCUT2D eigenvalue weighted by molar-refractivity contribution is 7.16. The van der Waals surface area contributed by atoms with Gasteiger partial charge in [-0.15, -0.1) is 0 Å². The molecule has 2 aromatic carbocycles. The number of nitrogens with two attached hydrogens (primary N) is 1. The first-order valence-electron chi connectivity index (χ1n) is 7.92. The fourth-order valence-electron chi connectivity index (χ4n) is 2.56. The molecule has 3 aromatic rings. The van der Waals surface area contributed by atoms with Crippen molar-refractivity contribution in [2.24, 2.45) is 15.7 Å². The summed E-state index contributed by atoms with van der Waals surface area (Å²) >= 11 is 13.6. The standard InChI is InChI=1S/C18H13Cl2N5OS/c19-10-2-1-3-11(20)16(10)24-18-25-17(26)14(27-18)7-9-4-5-12-13(6-9)23-15(8-21)22-12/h1-7,26H,8,21H2,(H,24,25). The van der Waals surface area contributed by atoms with Crippen molar-refractivity contribution in [1.29, 1.82) is 0 Å². The maximum absolute atomic E-state index is 10.2. The molecule has 9 heteroatoms. The highest BCUT2D eigenvalue weighted by Gasteiger charge is 2.12. The quantitative estimate of drug-likeness (QED) is 0.606. The number of rotatable bonds is 4. The van der Waals surface area contributed by atoms with Crippen LogP contribution >= 0.6 is 34.5 Å². The number of aliphatic imine (C=N–C) groups is 1. The van der Waals surface area contributed by atoms with Crippen LogP contribution in [0.3, 0.4) is 0 Å². The predicted octanol–water partition coefficient (Wildman–Crippen LogP) is 3.35. The average molecular weight is 418 g/mol. The molecule has 6 nitrogen and oxygen atoms in total. The monoisotopic (exact) mass is 417 g/mol. The molecule has 0 amide bonds. The number of aromatic nitrogens is 1. The van der Waals surface area contributed by atoms with Crippen LogP contribution in [0.15, 0.2) is 46.4 Å². The van der Waals surface area contributed by atoms with Gasteiger partial charge in [0.15, 0.2) is 5.13 Å². The number of benzene rings is 2. The Morgan fingerprint density at radius 1 is 1.15 bits per heavy atom. The topological polar surface area (TPSA) is 95.9 Å². The van der Waals surface area contributed by atoms with E-state index in [0.29, 0.717) is 38.1 Å². The Labute approximate surface area is 168 Å². The van der Waals surface area contributed by atoms with E-state index in [0.717, 1.165) is 16.3 Å². The van der Waals surface area contributed by atoms with Crippen LogP contribution in [0.25, 0.3) is 6.08 Å². The Balaban J connectivity index is 1.66. The molecule has 2 heterocycles. The number of hydrogen-bond donors (Lipinski definition) is 3. The van der Waals surface area contributed by atoms with Crippen LogP contribution in [0, 0.1) is 0 Å². The van der Waals surface area contributed by atoms with Gasteiger partial charge in [-0.3, -0.25) is 0 Å². The van der Waals surface area contributed by atoms with Crippen LogP contribution in [0.2, 0.25) is 10.0 Å². The minimum absolute atomic E-state index is 0.0815. The highest BCUT2D eigenvalue weighted by atomic mass is 35.5. The molecule has 0 aliphatic carbocycles. The number of aromatic hydroxyl groups is 1. The molecule has 0 fully saturated rings. The van der Waals surface area contributed by atoms with Gasteiger partial charge in [-0.2, -0.15) is 4.98 Å². The molecular weight excluding hydrogens is 405 g/mol. The molecule has 27 heavy (non-hydrogen) atoms. The highest BCUT2D eigenvalue weighted by Crippen LogP contribution is 2.36. The summed E-state index contributed by atoms with van der Waals surface area (Å²) in [6, 6.07) is 10.9. The first-order chi connectivity index (χ1) is 13.0. The number of hydrogen-bond acceptors (Lipinski definition) is 7. The second-order valence-corrected chi connectivity index (χ2v) is 7.51. The molecule has 0 spiro atoms. The van der Waals surface area contributed by atoms with Crippen LogP contribution in [-0.4, -0.2) is 22.5 Å². The van der Waals surface area contributed by atoms with Crippen molar-refractivity contribution < 1.29 is 5.11 Å². The first-order valence-corrected chi connectivity index (χ1v) is 9.50. The average Bonchev–Trinajstić information content (AvgIpc) is 3.21. The van der Waals surface area contributed by atoms with Gasteiger partial charge in [0.2, 0.25) is 5.88 Å². The smallest absolute Gasteiger partial charge is 0.231 e. The fourth-order valence-corrected chi connectivity index (χ4v) is 3.87. The summed E-state index contributed by atoms with van der Waals surface area (Å²) in [4.78, 5) is 13.4. The van der Waals surface area contributed by atoms with E-state index >= 15 is 0 Å². The van der Waals surface area contributed by atoms with E-state index in [1.807, 2.05) is 24.3 Å². The SMILES string of the molecule is NCC1=Nc2cc(=Cc3sc(Nc4c(Cl)cccc4Cl)nc3O)ccc2=N1. The maximum Gasteiger partial charge on any atom is 0.231 e. The van der Waals surface area contributed by atoms with Gasteiger partial charge in [0, 0.05) is 0 Å². The predicted molar refractivity (Wildman–Crippen MR) is 110 cm³/mol. The molecule has 1 aliphatic heterocycles. The Bertz CT molecular complexity index is 1170. The Morgan fingerprint density at radius 2 is 1.93 bits per heavy atom. The van der Waals surface area contributed by atoms with Crippen molar-refractivity contribution in [3.05, 3.63) is 61.9 Å². The number of halogens is 2. The van der Waals surface area contributed by atoms with Crippen LogP contribution < -0.4 is 21.6 Å². The number of amidine groups is 1. The molecule has 0 atom stereocenters. The van der Waals surface area contributed by atoms with Crippen LogP contribution in [0.1, 0.15) is 4.88 Å². The second kappa shape index (κ2) is 7.28. The van der Waals surface area contributed by atoms with Crippen molar-refractivity contribution in [3.8, 4) is 5.88 Å². The zero-order valence-corrected chi connectivity index (χ0v) is 16.1. The lowest BCUT2D eigenvalue weighted by atomic mass is 10.2. The Morgan fingerprint density at radius 3 is 2.67 bits per heavy atom. The lowest BCUT2D eigenvalue weighted by molar-refractivity contribution is 0.457. The third-order valence-electron chi connectivity index (χ3n) is 3.81. The van der Waals surface area contributed by atoms with Gasteiger partial charge in [-0.05, 0) is 35.6 Å². The largest absolute Gasteiger partial charge is 0.492 e. The Hall–Kier alpha value is -2.45. The number of nitrogens with one attached hydrogen (secondary N) is 1. The third-order valence-corrected chi connectivity index (χ3v) is 5.34. The van der Waals surface area contributed by atoms with Crippen LogP contribution in [0.4, 0.5) is 16.5 Å². The van der Waals surface area contributed by atoms with Gasteiger partial charge in [0.1, 0.15) is 5.84 Å². The number of fused-ring (bicyclic) bond motifs is 1. The molecule has 1 aliphatic rings. The molecule has 0 unspecified atom stereocenters. The van der Waals surface area contributed by atoms with Crippen LogP contribution in [-0.2, 0) is 0 Å². The van der Waals surface area contributed by atoms with Gasteiger partial charge in [-0.25, -0.2) is 9.98 Å². The molecule has 0 bridgehead atoms. The first kappa shape index (κ1) is 17.9. The van der Waals surface area contributed by atoms with Crippen LogP contribution in [0.5, 0.6) is 5.88 Å². The fraction of sp³-hybridized carbons (Fsp3) is 0.0556. The number of nitrogens with zero attached hydrogens (tertiary/aromatic N) is 3. The summed E-state index contributed by atoms with van der Waals surface area (Å²) < 4.78 is 0. The summed E-state index contributed by atoms with van der Waals surface area (Å²) in [7, 11) is 0. The zero-order valence-electron chi connectivity index (χ0n) is 13.8. The van der Waals surface area contributed by atoms with E-state index in [9.17, 15) is 5.11 Å². The van der Waals surface area contributed by atoms with Crippen molar-refractivity contribution in [3.63, 3.8) is 0 Å². The van der Waals surface area contributed by atoms with Crippen molar-refractivity contribution in [2.75, 3.05) is 11.9 Å². The van der Waals surface area contributed by atoms with E-state index in [4.69, 9.17) is 28.9 Å². The lowest BCUT2D eigenvalue weighted by Crippen LogP contribution is -2.11. The van der Waals surface area contributed by atoms with Crippen molar-refractivity contribution >= 4 is 63.0 Å². The van der Waals surface area contributed by atoms with E-state index in [2.05, 4.69) is 20.3 Å².